The number of amides is 1. The van der Waals surface area contributed by atoms with Crippen molar-refractivity contribution in [2.24, 2.45) is 0 Å². The lowest BCUT2D eigenvalue weighted by Crippen LogP contribution is -2.23. The summed E-state index contributed by atoms with van der Waals surface area (Å²) in [6.07, 6.45) is 1.76. The van der Waals surface area contributed by atoms with Crippen LogP contribution in [-0.2, 0) is 13.2 Å². The van der Waals surface area contributed by atoms with E-state index in [9.17, 15) is 4.79 Å². The highest BCUT2D eigenvalue weighted by molar-refractivity contribution is 9.10. The first kappa shape index (κ1) is 19.9. The van der Waals surface area contributed by atoms with Crippen LogP contribution in [0.5, 0.6) is 11.5 Å². The Kier molecular flexibility index (Phi) is 6.03. The Labute approximate surface area is 171 Å². The predicted octanol–water partition coefficient (Wildman–Crippen LogP) is 2.91. The van der Waals surface area contributed by atoms with Crippen molar-refractivity contribution in [1.29, 1.82) is 0 Å². The minimum atomic E-state index is -0.247. The molecule has 0 fully saturated rings. The normalized spacial score (nSPS) is 10.8. The van der Waals surface area contributed by atoms with Crippen LogP contribution in [0.1, 0.15) is 27.4 Å². The molecule has 0 spiro atoms. The van der Waals surface area contributed by atoms with Gasteiger partial charge in [0.1, 0.15) is 12.4 Å². The summed E-state index contributed by atoms with van der Waals surface area (Å²) in [6, 6.07) is 7.20. The number of carbonyl (C=O) groups excluding carboxylic acids is 1. The number of ether oxygens (including phenoxy) is 2. The summed E-state index contributed by atoms with van der Waals surface area (Å²) in [4.78, 5) is 12.4. The Balaban J connectivity index is 1.63. The molecule has 0 aliphatic rings. The van der Waals surface area contributed by atoms with Gasteiger partial charge in [-0.2, -0.15) is 10.2 Å². The topological polar surface area (TPSA) is 83.2 Å². The van der Waals surface area contributed by atoms with Gasteiger partial charge in [-0.3, -0.25) is 9.48 Å². The lowest BCUT2D eigenvalue weighted by molar-refractivity contribution is 0.0945. The number of methoxy groups -OCH3 is 2. The third-order valence-corrected chi connectivity index (χ3v) is 5.49. The fourth-order valence-corrected chi connectivity index (χ4v) is 3.06. The van der Waals surface area contributed by atoms with Gasteiger partial charge in [-0.25, -0.2) is 4.68 Å². The van der Waals surface area contributed by atoms with Gasteiger partial charge in [0, 0.05) is 12.7 Å². The zero-order chi connectivity index (χ0) is 20.3. The number of nitrogens with zero attached hydrogens (tertiary/aromatic N) is 4. The number of nitrogens with one attached hydrogen (secondary N) is 1. The summed E-state index contributed by atoms with van der Waals surface area (Å²) >= 11 is 3.51. The van der Waals surface area contributed by atoms with Crippen molar-refractivity contribution in [3.05, 3.63) is 57.6 Å². The molecule has 2 aromatic heterocycles. The van der Waals surface area contributed by atoms with Gasteiger partial charge in [0.15, 0.2) is 11.5 Å². The molecule has 0 aliphatic heterocycles. The Hall–Kier alpha value is -2.81. The van der Waals surface area contributed by atoms with Gasteiger partial charge in [-0.15, -0.1) is 0 Å². The number of carbonyl (C=O) groups is 1. The highest BCUT2D eigenvalue weighted by Gasteiger charge is 2.13. The average molecular weight is 448 g/mol. The van der Waals surface area contributed by atoms with E-state index in [2.05, 4.69) is 31.4 Å². The quantitative estimate of drug-likeness (QED) is 0.601. The first-order valence-electron chi connectivity index (χ1n) is 8.65. The van der Waals surface area contributed by atoms with Crippen LogP contribution in [-0.4, -0.2) is 39.7 Å². The molecule has 0 unspecified atom stereocenters. The molecule has 3 rings (SSSR count). The van der Waals surface area contributed by atoms with Crippen molar-refractivity contribution in [3.63, 3.8) is 0 Å². The zero-order valence-corrected chi connectivity index (χ0v) is 17.8. The van der Waals surface area contributed by atoms with Crippen LogP contribution in [0.4, 0.5) is 0 Å². The van der Waals surface area contributed by atoms with Crippen molar-refractivity contribution >= 4 is 21.8 Å². The molecular weight excluding hydrogens is 426 g/mol. The Morgan fingerprint density at radius 3 is 2.54 bits per heavy atom. The van der Waals surface area contributed by atoms with E-state index in [1.165, 1.54) is 0 Å². The molecule has 1 N–H and O–H groups in total. The van der Waals surface area contributed by atoms with Gasteiger partial charge in [0.2, 0.25) is 0 Å². The van der Waals surface area contributed by atoms with E-state index in [4.69, 9.17) is 9.47 Å². The number of rotatable bonds is 7. The molecule has 8 nitrogen and oxygen atoms in total. The van der Waals surface area contributed by atoms with E-state index in [1.54, 1.807) is 31.2 Å². The number of benzene rings is 1. The predicted molar refractivity (Wildman–Crippen MR) is 108 cm³/mol. The molecule has 1 amide bonds. The van der Waals surface area contributed by atoms with Crippen molar-refractivity contribution < 1.29 is 14.3 Å². The third-order valence-electron chi connectivity index (χ3n) is 4.35. The summed E-state index contributed by atoms with van der Waals surface area (Å²) in [7, 11) is 3.16. The number of aromatic nitrogens is 4. The minimum absolute atomic E-state index is 0.247. The molecule has 0 saturated heterocycles. The smallest absolute Gasteiger partial charge is 0.272 e. The number of halogens is 1. The SMILES string of the molecule is COc1ccc(CNC(=O)c2ccn(Cn3nc(C)c(Br)c3C)n2)cc1OC. The number of hydrogen-bond donors (Lipinski definition) is 1. The number of aryl methyl sites for hydroxylation is 1. The first-order valence-corrected chi connectivity index (χ1v) is 9.44. The summed E-state index contributed by atoms with van der Waals surface area (Å²) in [6.45, 7) is 4.70. The first-order chi connectivity index (χ1) is 13.4. The maximum absolute atomic E-state index is 12.4. The molecule has 1 aromatic carbocycles. The van der Waals surface area contributed by atoms with Crippen molar-refractivity contribution in [2.75, 3.05) is 14.2 Å². The lowest BCUT2D eigenvalue weighted by Gasteiger charge is -2.10. The van der Waals surface area contributed by atoms with E-state index >= 15 is 0 Å². The van der Waals surface area contributed by atoms with Crippen LogP contribution in [0.2, 0.25) is 0 Å². The summed E-state index contributed by atoms with van der Waals surface area (Å²) in [5.41, 5.74) is 3.17. The monoisotopic (exact) mass is 447 g/mol. The van der Waals surface area contributed by atoms with Crippen molar-refractivity contribution in [2.45, 2.75) is 27.1 Å². The van der Waals surface area contributed by atoms with E-state index in [-0.39, 0.29) is 5.91 Å². The number of hydrogen-bond acceptors (Lipinski definition) is 5. The largest absolute Gasteiger partial charge is 0.493 e. The standard InChI is InChI=1S/C19H22BrN5O3/c1-12-18(20)13(2)25(22-12)11-24-8-7-15(23-24)19(26)21-10-14-5-6-16(27-3)17(9-14)28-4/h5-9H,10-11H2,1-4H3,(H,21,26). The summed E-state index contributed by atoms with van der Waals surface area (Å²) < 4.78 is 15.0. The molecule has 0 bridgehead atoms. The summed E-state index contributed by atoms with van der Waals surface area (Å²) in [5, 5.41) is 11.7. The highest BCUT2D eigenvalue weighted by atomic mass is 79.9. The molecule has 148 valence electrons. The van der Waals surface area contributed by atoms with Gasteiger partial charge in [0.25, 0.3) is 5.91 Å². The molecule has 0 aliphatic carbocycles. The zero-order valence-electron chi connectivity index (χ0n) is 16.2. The van der Waals surface area contributed by atoms with Crippen molar-refractivity contribution in [1.82, 2.24) is 24.9 Å². The average Bonchev–Trinajstić information content (AvgIpc) is 3.26. The van der Waals surface area contributed by atoms with Gasteiger partial charge >= 0.3 is 0 Å². The van der Waals surface area contributed by atoms with E-state index in [0.29, 0.717) is 30.4 Å². The van der Waals surface area contributed by atoms with E-state index in [0.717, 1.165) is 21.4 Å². The maximum atomic E-state index is 12.4. The minimum Gasteiger partial charge on any atom is -0.493 e. The summed E-state index contributed by atoms with van der Waals surface area (Å²) in [5.74, 6) is 1.02. The van der Waals surface area contributed by atoms with Crippen LogP contribution in [0.3, 0.4) is 0 Å². The molecule has 28 heavy (non-hydrogen) atoms. The Morgan fingerprint density at radius 2 is 1.89 bits per heavy atom. The van der Waals surface area contributed by atoms with Crippen LogP contribution in [0.25, 0.3) is 0 Å². The Bertz CT molecular complexity index is 996. The molecule has 9 heteroatoms. The van der Waals surface area contributed by atoms with Crippen LogP contribution in [0, 0.1) is 13.8 Å². The van der Waals surface area contributed by atoms with Gasteiger partial charge in [-0.1, -0.05) is 6.07 Å². The molecular formula is C19H22BrN5O3. The third kappa shape index (κ3) is 4.19. The molecule has 0 radical (unpaired) electrons. The molecule has 3 aromatic rings. The van der Waals surface area contributed by atoms with Crippen LogP contribution >= 0.6 is 15.9 Å². The molecule has 0 saturated carbocycles. The van der Waals surface area contributed by atoms with E-state index < -0.39 is 0 Å². The van der Waals surface area contributed by atoms with Gasteiger partial charge in [0.05, 0.1) is 30.1 Å². The highest BCUT2D eigenvalue weighted by Crippen LogP contribution is 2.27. The molecule has 2 heterocycles. The Morgan fingerprint density at radius 1 is 1.14 bits per heavy atom. The second-order valence-electron chi connectivity index (χ2n) is 6.24. The molecule has 0 atom stereocenters. The van der Waals surface area contributed by atoms with Gasteiger partial charge < -0.3 is 14.8 Å². The second kappa shape index (κ2) is 8.47. The van der Waals surface area contributed by atoms with Crippen LogP contribution in [0.15, 0.2) is 34.9 Å². The second-order valence-corrected chi connectivity index (χ2v) is 7.03. The van der Waals surface area contributed by atoms with E-state index in [1.807, 2.05) is 36.7 Å². The van der Waals surface area contributed by atoms with Crippen molar-refractivity contribution in [3.8, 4) is 11.5 Å². The fraction of sp³-hybridized carbons (Fsp3) is 0.316. The lowest BCUT2D eigenvalue weighted by atomic mass is 10.2. The maximum Gasteiger partial charge on any atom is 0.272 e. The fourth-order valence-electron chi connectivity index (χ4n) is 2.78. The van der Waals surface area contributed by atoms with Crippen LogP contribution < -0.4 is 14.8 Å². The van der Waals surface area contributed by atoms with Gasteiger partial charge in [-0.05, 0) is 53.5 Å².